The highest BCUT2D eigenvalue weighted by atomic mass is 35.5. The van der Waals surface area contributed by atoms with E-state index in [2.05, 4.69) is 67.5 Å². The molecule has 0 amide bonds. The average Bonchev–Trinajstić information content (AvgIpc) is 2.50. The molecule has 0 fully saturated rings. The number of hydrogen-bond donors (Lipinski definition) is 0. The summed E-state index contributed by atoms with van der Waals surface area (Å²) >= 11 is 0. The van der Waals surface area contributed by atoms with Gasteiger partial charge < -0.3 is 12.4 Å². The van der Waals surface area contributed by atoms with E-state index in [4.69, 9.17) is 0 Å². The highest BCUT2D eigenvalue weighted by molar-refractivity contribution is 7.76. The largest absolute Gasteiger partial charge is 1.00 e. The lowest BCUT2D eigenvalue weighted by molar-refractivity contribution is -0.00000789. The van der Waals surface area contributed by atoms with E-state index >= 15 is 0 Å². The lowest BCUT2D eigenvalue weighted by Gasteiger charge is -2.31. The van der Waals surface area contributed by atoms with Gasteiger partial charge in [0.05, 0.1) is 24.6 Å². The van der Waals surface area contributed by atoms with Crippen LogP contribution in [0.4, 0.5) is 0 Å². The van der Waals surface area contributed by atoms with Crippen molar-refractivity contribution in [3.8, 4) is 0 Å². The maximum Gasteiger partial charge on any atom is 0.0773 e. The summed E-state index contributed by atoms with van der Waals surface area (Å²) in [4.78, 5) is 0. The second-order valence-corrected chi connectivity index (χ2v) is 14.7. The van der Waals surface area contributed by atoms with Crippen molar-refractivity contribution < 1.29 is 12.4 Å². The van der Waals surface area contributed by atoms with Crippen molar-refractivity contribution in [1.82, 2.24) is 0 Å². The standard InChI is InChI=1S/C24H50P.ClH/c1-9-12-18-25(19-13-10-2,20-14-11-3)21-16-15-17-24(7,8)22-23(4,5)6;/h15-16H,9-14,17-22H2,1-8H3;1H/q+1;/p-1. The van der Waals surface area contributed by atoms with Gasteiger partial charge in [-0.25, -0.2) is 0 Å². The van der Waals surface area contributed by atoms with E-state index in [9.17, 15) is 0 Å². The average molecular weight is 405 g/mol. The molecule has 0 saturated carbocycles. The number of rotatable bonds is 14. The van der Waals surface area contributed by atoms with Crippen molar-refractivity contribution in [3.05, 3.63) is 12.2 Å². The molecule has 0 bridgehead atoms. The summed E-state index contributed by atoms with van der Waals surface area (Å²) in [6, 6.07) is 0. The van der Waals surface area contributed by atoms with Gasteiger partial charge in [0.15, 0.2) is 0 Å². The van der Waals surface area contributed by atoms with E-state index < -0.39 is 7.26 Å². The zero-order valence-electron chi connectivity index (χ0n) is 19.5. The molecule has 0 nitrogen and oxygen atoms in total. The molecule has 0 aromatic heterocycles. The molecule has 0 aromatic rings. The SMILES string of the molecule is CCCC[P+](CC=CCC(C)(C)CC(C)(C)C)(CCCC)CCCC.[Cl-]. The Balaban J connectivity index is 0. The second-order valence-electron chi connectivity index (χ2n) is 10.3. The second kappa shape index (κ2) is 14.5. The van der Waals surface area contributed by atoms with E-state index in [0.717, 1.165) is 0 Å². The van der Waals surface area contributed by atoms with Gasteiger partial charge in [-0.15, -0.1) is 0 Å². The summed E-state index contributed by atoms with van der Waals surface area (Å²) in [7, 11) is -0.756. The molecule has 26 heavy (non-hydrogen) atoms. The number of hydrogen-bond acceptors (Lipinski definition) is 0. The molecule has 158 valence electrons. The monoisotopic (exact) mass is 404 g/mol. The van der Waals surface area contributed by atoms with Crippen LogP contribution in [-0.2, 0) is 0 Å². The normalized spacial score (nSPS) is 13.2. The van der Waals surface area contributed by atoms with Crippen LogP contribution < -0.4 is 12.4 Å². The molecule has 0 unspecified atom stereocenters. The van der Waals surface area contributed by atoms with E-state index in [1.54, 1.807) is 18.5 Å². The van der Waals surface area contributed by atoms with Gasteiger partial charge in [0.2, 0.25) is 0 Å². The van der Waals surface area contributed by atoms with Gasteiger partial charge >= 0.3 is 0 Å². The molecule has 0 aromatic carbocycles. The van der Waals surface area contributed by atoms with Crippen molar-refractivity contribution in [2.75, 3.05) is 24.6 Å². The van der Waals surface area contributed by atoms with E-state index in [-0.39, 0.29) is 12.4 Å². The van der Waals surface area contributed by atoms with Crippen molar-refractivity contribution in [2.24, 2.45) is 10.8 Å². The first kappa shape index (κ1) is 28.7. The van der Waals surface area contributed by atoms with Crippen LogP contribution in [-0.4, -0.2) is 24.6 Å². The highest BCUT2D eigenvalue weighted by Crippen LogP contribution is 2.60. The maximum absolute atomic E-state index is 2.60. The topological polar surface area (TPSA) is 0 Å². The predicted molar refractivity (Wildman–Crippen MR) is 123 cm³/mol. The molecular weight excluding hydrogens is 355 g/mol. The molecule has 0 aliphatic rings. The summed E-state index contributed by atoms with van der Waals surface area (Å²) < 4.78 is 0. The minimum Gasteiger partial charge on any atom is -1.00 e. The Labute approximate surface area is 174 Å². The third kappa shape index (κ3) is 14.5. The van der Waals surface area contributed by atoms with E-state index in [0.29, 0.717) is 10.8 Å². The van der Waals surface area contributed by atoms with Crippen LogP contribution in [0, 0.1) is 10.8 Å². The first-order valence-corrected chi connectivity index (χ1v) is 13.6. The minimum absolute atomic E-state index is 0. The molecule has 2 heteroatoms. The Hall–Kier alpha value is 0.460. The van der Waals surface area contributed by atoms with Crippen LogP contribution in [0.15, 0.2) is 12.2 Å². The van der Waals surface area contributed by atoms with E-state index in [1.807, 2.05) is 0 Å². The van der Waals surface area contributed by atoms with Crippen LogP contribution >= 0.6 is 7.26 Å². The quantitative estimate of drug-likeness (QED) is 0.253. The smallest absolute Gasteiger partial charge is 0.0773 e. The Morgan fingerprint density at radius 2 is 1.12 bits per heavy atom. The third-order valence-electron chi connectivity index (χ3n) is 5.30. The molecule has 0 spiro atoms. The first-order valence-electron chi connectivity index (χ1n) is 11.1. The number of allylic oxidation sites excluding steroid dienone is 2. The molecule has 0 atom stereocenters. The van der Waals surface area contributed by atoms with Crippen LogP contribution in [0.1, 0.15) is 107 Å². The van der Waals surface area contributed by atoms with E-state index in [1.165, 1.54) is 57.5 Å². The van der Waals surface area contributed by atoms with Crippen LogP contribution in [0.2, 0.25) is 0 Å². The maximum atomic E-state index is 2.60. The minimum atomic E-state index is -0.756. The third-order valence-corrected chi connectivity index (χ3v) is 10.1. The molecular formula is C24H50ClP. The number of halogens is 1. The fourth-order valence-corrected chi connectivity index (χ4v) is 9.07. The molecule has 0 rings (SSSR count). The van der Waals surface area contributed by atoms with Crippen LogP contribution in [0.3, 0.4) is 0 Å². The van der Waals surface area contributed by atoms with Gasteiger partial charge in [0, 0.05) is 7.26 Å². The van der Waals surface area contributed by atoms with Gasteiger partial charge in [0.25, 0.3) is 0 Å². The summed E-state index contributed by atoms with van der Waals surface area (Å²) in [5, 5.41) is 0. The Kier molecular flexibility index (Phi) is 15.9. The fourth-order valence-electron chi connectivity index (χ4n) is 4.30. The Morgan fingerprint density at radius 1 is 0.692 bits per heavy atom. The van der Waals surface area contributed by atoms with Gasteiger partial charge in [-0.2, -0.15) is 0 Å². The van der Waals surface area contributed by atoms with Gasteiger partial charge in [0.1, 0.15) is 0 Å². The van der Waals surface area contributed by atoms with Gasteiger partial charge in [-0.1, -0.05) is 86.8 Å². The summed E-state index contributed by atoms with van der Waals surface area (Å²) in [6.45, 7) is 19.1. The summed E-state index contributed by atoms with van der Waals surface area (Å²) in [5.41, 5.74) is 0.851. The van der Waals surface area contributed by atoms with Gasteiger partial charge in [-0.05, 0) is 42.9 Å². The molecule has 0 radical (unpaired) electrons. The number of unbranched alkanes of at least 4 members (excludes halogenated alkanes) is 3. The Bertz CT molecular complexity index is 330. The van der Waals surface area contributed by atoms with Gasteiger partial charge in [-0.3, -0.25) is 0 Å². The van der Waals surface area contributed by atoms with Crippen LogP contribution in [0.25, 0.3) is 0 Å². The summed E-state index contributed by atoms with van der Waals surface area (Å²) in [6.07, 6.45) is 22.1. The predicted octanol–water partition coefficient (Wildman–Crippen LogP) is 5.82. The zero-order chi connectivity index (χ0) is 19.4. The molecule has 0 heterocycles. The summed E-state index contributed by atoms with van der Waals surface area (Å²) in [5.74, 6) is 0. The lowest BCUT2D eigenvalue weighted by atomic mass is 9.74. The molecule has 0 saturated heterocycles. The van der Waals surface area contributed by atoms with Crippen molar-refractivity contribution in [1.29, 1.82) is 0 Å². The molecule has 0 N–H and O–H groups in total. The van der Waals surface area contributed by atoms with Crippen molar-refractivity contribution in [3.63, 3.8) is 0 Å². The van der Waals surface area contributed by atoms with Crippen molar-refractivity contribution in [2.45, 2.75) is 107 Å². The Morgan fingerprint density at radius 3 is 1.46 bits per heavy atom. The van der Waals surface area contributed by atoms with Crippen molar-refractivity contribution >= 4 is 7.26 Å². The molecule has 0 aliphatic heterocycles. The molecule has 0 aliphatic carbocycles. The fraction of sp³-hybridized carbons (Fsp3) is 0.917. The first-order chi connectivity index (χ1) is 11.6. The van der Waals surface area contributed by atoms with Crippen LogP contribution in [0.5, 0.6) is 0 Å². The highest BCUT2D eigenvalue weighted by Gasteiger charge is 2.34. The lowest BCUT2D eigenvalue weighted by Crippen LogP contribution is -3.00. The zero-order valence-corrected chi connectivity index (χ0v) is 21.1.